The van der Waals surface area contributed by atoms with E-state index >= 15 is 0 Å². The first-order chi connectivity index (χ1) is 19.9. The minimum atomic E-state index is -0.428. The third-order valence-electron chi connectivity index (χ3n) is 6.54. The second kappa shape index (κ2) is 12.1. The van der Waals surface area contributed by atoms with Gasteiger partial charge in [0.1, 0.15) is 46.2 Å². The topological polar surface area (TPSA) is 157 Å². The number of benzene rings is 2. The number of carbonyl (C=O) groups excluding carboxylic acids is 1. The highest BCUT2D eigenvalue weighted by atomic mass is 32.2. The van der Waals surface area contributed by atoms with Crippen LogP contribution >= 0.6 is 11.8 Å². The van der Waals surface area contributed by atoms with Crippen molar-refractivity contribution in [1.82, 2.24) is 9.97 Å². The van der Waals surface area contributed by atoms with Gasteiger partial charge in [-0.15, -0.1) is 0 Å². The molecule has 2 aromatic carbocycles. The van der Waals surface area contributed by atoms with Crippen molar-refractivity contribution < 1.29 is 23.4 Å². The summed E-state index contributed by atoms with van der Waals surface area (Å²) in [4.78, 5) is 20.7. The first-order valence-corrected chi connectivity index (χ1v) is 13.7. The SMILES string of the molecule is COC(=O)c1ccc(-c2nc(CSc3nc(N)c(C#N)c(-c4ccc(OC5CCOC5)cc4)c3C#N)c(C)o2)cc1. The number of nitriles is 2. The zero-order valence-electron chi connectivity index (χ0n) is 22.3. The van der Waals surface area contributed by atoms with Crippen LogP contribution in [0.4, 0.5) is 5.82 Å². The van der Waals surface area contributed by atoms with E-state index in [1.54, 1.807) is 55.5 Å². The minimum Gasteiger partial charge on any atom is -0.488 e. The molecule has 1 atom stereocenters. The number of nitrogens with two attached hydrogens (primary N) is 1. The summed E-state index contributed by atoms with van der Waals surface area (Å²) in [6.45, 7) is 3.03. The van der Waals surface area contributed by atoms with E-state index in [1.807, 2.05) is 0 Å². The molecule has 1 aliphatic heterocycles. The lowest BCUT2D eigenvalue weighted by Gasteiger charge is -2.15. The smallest absolute Gasteiger partial charge is 0.337 e. The van der Waals surface area contributed by atoms with Crippen LogP contribution < -0.4 is 10.5 Å². The van der Waals surface area contributed by atoms with E-state index < -0.39 is 5.97 Å². The lowest BCUT2D eigenvalue weighted by molar-refractivity contribution is 0.0600. The summed E-state index contributed by atoms with van der Waals surface area (Å²) in [6.07, 6.45) is 0.832. The summed E-state index contributed by atoms with van der Waals surface area (Å²) < 4.78 is 21.9. The molecule has 1 fully saturated rings. The number of pyridine rings is 1. The number of aryl methyl sites for hydroxylation is 1. The number of oxazole rings is 1. The Morgan fingerprint density at radius 2 is 1.78 bits per heavy atom. The Kier molecular flexibility index (Phi) is 8.20. The van der Waals surface area contributed by atoms with E-state index in [-0.39, 0.29) is 23.0 Å². The van der Waals surface area contributed by atoms with Crippen molar-refractivity contribution in [3.05, 3.63) is 76.7 Å². The van der Waals surface area contributed by atoms with Crippen LogP contribution in [0.2, 0.25) is 0 Å². The number of hydrogen-bond acceptors (Lipinski definition) is 11. The summed E-state index contributed by atoms with van der Waals surface area (Å²) in [6, 6.07) is 18.3. The van der Waals surface area contributed by atoms with E-state index in [0.29, 0.717) is 69.3 Å². The van der Waals surface area contributed by atoms with Crippen LogP contribution in [0.25, 0.3) is 22.6 Å². The molecule has 3 heterocycles. The highest BCUT2D eigenvalue weighted by Gasteiger charge is 2.22. The van der Waals surface area contributed by atoms with Gasteiger partial charge >= 0.3 is 5.97 Å². The number of aromatic nitrogens is 2. The minimum absolute atomic E-state index is 0.00415. The molecule has 1 unspecified atom stereocenters. The maximum absolute atomic E-state index is 11.7. The van der Waals surface area contributed by atoms with Crippen LogP contribution in [0.3, 0.4) is 0 Å². The molecule has 2 aromatic heterocycles. The third kappa shape index (κ3) is 5.87. The fourth-order valence-electron chi connectivity index (χ4n) is 4.38. The van der Waals surface area contributed by atoms with Gasteiger partial charge in [-0.3, -0.25) is 0 Å². The molecule has 10 nitrogen and oxygen atoms in total. The van der Waals surface area contributed by atoms with Crippen molar-refractivity contribution in [1.29, 1.82) is 10.5 Å². The van der Waals surface area contributed by atoms with Crippen molar-refractivity contribution in [2.75, 3.05) is 26.1 Å². The maximum Gasteiger partial charge on any atom is 0.337 e. The van der Waals surface area contributed by atoms with Crippen LogP contribution in [0.1, 0.15) is 39.4 Å². The van der Waals surface area contributed by atoms with Gasteiger partial charge in [-0.2, -0.15) is 10.5 Å². The van der Waals surface area contributed by atoms with E-state index in [2.05, 4.69) is 22.1 Å². The number of nitrogen functional groups attached to an aromatic ring is 1. The second-order valence-corrected chi connectivity index (χ2v) is 10.1. The lowest BCUT2D eigenvalue weighted by atomic mass is 9.97. The Morgan fingerprint density at radius 1 is 1.07 bits per heavy atom. The van der Waals surface area contributed by atoms with E-state index in [0.717, 1.165) is 6.42 Å². The van der Waals surface area contributed by atoms with Crippen LogP contribution in [-0.2, 0) is 15.2 Å². The Balaban J connectivity index is 1.40. The summed E-state index contributed by atoms with van der Waals surface area (Å²) in [5.74, 6) is 1.63. The number of thioether (sulfide) groups is 1. The van der Waals surface area contributed by atoms with Crippen LogP contribution in [0.5, 0.6) is 5.75 Å². The van der Waals surface area contributed by atoms with Crippen molar-refractivity contribution in [2.24, 2.45) is 0 Å². The molecular weight excluding hydrogens is 542 g/mol. The average molecular weight is 568 g/mol. The molecule has 0 radical (unpaired) electrons. The molecule has 206 valence electrons. The van der Waals surface area contributed by atoms with Gasteiger partial charge in [0.25, 0.3) is 0 Å². The predicted molar refractivity (Wildman–Crippen MR) is 151 cm³/mol. The normalized spacial score (nSPS) is 14.3. The third-order valence-corrected chi connectivity index (χ3v) is 7.53. The van der Waals surface area contributed by atoms with Crippen LogP contribution in [0, 0.1) is 29.6 Å². The highest BCUT2D eigenvalue weighted by Crippen LogP contribution is 2.38. The maximum atomic E-state index is 11.7. The molecule has 0 aliphatic carbocycles. The van der Waals surface area contributed by atoms with Crippen molar-refractivity contribution in [2.45, 2.75) is 30.2 Å². The molecule has 4 aromatic rings. The average Bonchev–Trinajstić information content (AvgIpc) is 3.65. The number of nitrogens with zero attached hydrogens (tertiary/aromatic N) is 4. The van der Waals surface area contributed by atoms with Crippen molar-refractivity contribution >= 4 is 23.5 Å². The van der Waals surface area contributed by atoms with Gasteiger partial charge in [-0.05, 0) is 48.9 Å². The van der Waals surface area contributed by atoms with E-state index in [4.69, 9.17) is 24.4 Å². The number of hydrogen-bond donors (Lipinski definition) is 1. The molecule has 11 heteroatoms. The quantitative estimate of drug-likeness (QED) is 0.218. The van der Waals surface area contributed by atoms with Gasteiger partial charge in [0, 0.05) is 23.3 Å². The van der Waals surface area contributed by atoms with Crippen molar-refractivity contribution in [3.8, 4) is 40.5 Å². The van der Waals surface area contributed by atoms with E-state index in [1.165, 1.54) is 18.9 Å². The lowest BCUT2D eigenvalue weighted by Crippen LogP contribution is -2.15. The number of carbonyl (C=O) groups is 1. The molecule has 1 aliphatic rings. The van der Waals surface area contributed by atoms with Gasteiger partial charge in [0.15, 0.2) is 0 Å². The molecule has 0 saturated carbocycles. The van der Waals surface area contributed by atoms with Gasteiger partial charge in [-0.25, -0.2) is 14.8 Å². The monoisotopic (exact) mass is 567 g/mol. The molecule has 41 heavy (non-hydrogen) atoms. The Bertz CT molecular complexity index is 1660. The fraction of sp³-hybridized carbons (Fsp3) is 0.233. The second-order valence-electron chi connectivity index (χ2n) is 9.16. The van der Waals surface area contributed by atoms with Gasteiger partial charge in [0.05, 0.1) is 37.1 Å². The van der Waals surface area contributed by atoms with Gasteiger partial charge in [0.2, 0.25) is 5.89 Å². The fourth-order valence-corrected chi connectivity index (χ4v) is 5.37. The summed E-state index contributed by atoms with van der Waals surface area (Å²) in [7, 11) is 1.33. The standard InChI is InChI=1S/C30H25N5O5S/c1-17-25(34-28(39-17)19-3-5-20(6-4-19)30(36)37-2)16-41-29-24(14-32)26(23(13-31)27(33)35-29)18-7-9-21(10-8-18)40-22-11-12-38-15-22/h3-10,22H,11-12,15-16H2,1-2H3,(H2,33,35). The first-order valence-electron chi connectivity index (χ1n) is 12.7. The summed E-state index contributed by atoms with van der Waals surface area (Å²) in [5, 5.41) is 20.4. The zero-order valence-corrected chi connectivity index (χ0v) is 23.2. The highest BCUT2D eigenvalue weighted by molar-refractivity contribution is 7.98. The largest absolute Gasteiger partial charge is 0.488 e. The molecule has 1 saturated heterocycles. The number of methoxy groups -OCH3 is 1. The molecular formula is C30H25N5O5S. The Morgan fingerprint density at radius 3 is 2.41 bits per heavy atom. The number of ether oxygens (including phenoxy) is 3. The van der Waals surface area contributed by atoms with Gasteiger partial charge < -0.3 is 24.4 Å². The summed E-state index contributed by atoms with van der Waals surface area (Å²) in [5.41, 5.74) is 9.43. The Hall–Kier alpha value is -4.84. The van der Waals surface area contributed by atoms with Gasteiger partial charge in [-0.1, -0.05) is 23.9 Å². The molecule has 0 amide bonds. The molecule has 5 rings (SSSR count). The number of anilines is 1. The molecule has 0 spiro atoms. The van der Waals surface area contributed by atoms with Crippen LogP contribution in [0.15, 0.2) is 58.0 Å². The Labute approximate surface area is 240 Å². The predicted octanol–water partition coefficient (Wildman–Crippen LogP) is 5.28. The zero-order chi connectivity index (χ0) is 28.9. The molecule has 2 N–H and O–H groups in total. The molecule has 0 bridgehead atoms. The number of rotatable bonds is 8. The number of esters is 1. The van der Waals surface area contributed by atoms with Crippen LogP contribution in [-0.4, -0.2) is 42.4 Å². The first kappa shape index (κ1) is 27.7. The van der Waals surface area contributed by atoms with E-state index in [9.17, 15) is 15.3 Å². The van der Waals surface area contributed by atoms with Crippen molar-refractivity contribution in [3.63, 3.8) is 0 Å². The summed E-state index contributed by atoms with van der Waals surface area (Å²) >= 11 is 1.28.